The molecule has 1 fully saturated rings. The highest BCUT2D eigenvalue weighted by atomic mass is 32.2. The predicted molar refractivity (Wildman–Crippen MR) is 139 cm³/mol. The number of carbonyl (C=O) groups excluding carboxylic acids is 1. The van der Waals surface area contributed by atoms with E-state index >= 15 is 0 Å². The first kappa shape index (κ1) is 20.8. The molecule has 1 saturated heterocycles. The van der Waals surface area contributed by atoms with Crippen LogP contribution in [-0.4, -0.2) is 16.1 Å². The molecule has 5 aromatic rings. The molecule has 164 valence electrons. The van der Waals surface area contributed by atoms with E-state index in [2.05, 4.69) is 15.3 Å². The normalized spacial score (nSPS) is 16.1. The van der Waals surface area contributed by atoms with E-state index in [0.717, 1.165) is 37.4 Å². The number of carbonyl (C=O) groups is 1. The van der Waals surface area contributed by atoms with Gasteiger partial charge in [0.2, 0.25) is 0 Å². The van der Waals surface area contributed by atoms with Gasteiger partial charge in [0.25, 0.3) is 5.91 Å². The van der Waals surface area contributed by atoms with Gasteiger partial charge in [-0.3, -0.25) is 9.78 Å². The summed E-state index contributed by atoms with van der Waals surface area (Å²) in [6.07, 6.45) is 3.54. The number of nitrogens with one attached hydrogen (secondary N) is 1. The van der Waals surface area contributed by atoms with Crippen molar-refractivity contribution < 1.29 is 9.21 Å². The zero-order valence-electron chi connectivity index (χ0n) is 17.8. The van der Waals surface area contributed by atoms with Gasteiger partial charge in [0, 0.05) is 27.9 Å². The molecule has 1 amide bonds. The number of aliphatic imine (C=N–C) groups is 1. The second-order valence-corrected chi connectivity index (χ2v) is 9.65. The van der Waals surface area contributed by atoms with Gasteiger partial charge in [0.15, 0.2) is 10.3 Å². The minimum Gasteiger partial charge on any atom is -0.450 e. The zero-order valence-corrected chi connectivity index (χ0v) is 19.4. The van der Waals surface area contributed by atoms with Crippen LogP contribution in [0.4, 0.5) is 5.69 Å². The fourth-order valence-corrected chi connectivity index (χ4v) is 5.48. The number of furan rings is 1. The number of aromatic nitrogens is 1. The number of hydrogen-bond acceptors (Lipinski definition) is 6. The lowest BCUT2D eigenvalue weighted by Gasteiger charge is -2.02. The number of amidine groups is 1. The summed E-state index contributed by atoms with van der Waals surface area (Å²) in [4.78, 5) is 23.3. The minimum atomic E-state index is -0.187. The lowest BCUT2D eigenvalue weighted by Crippen LogP contribution is -2.19. The van der Waals surface area contributed by atoms with E-state index in [9.17, 15) is 4.79 Å². The molecule has 0 radical (unpaired) electrons. The molecular weight excluding hydrogens is 462 g/mol. The Kier molecular flexibility index (Phi) is 5.41. The smallest absolute Gasteiger partial charge is 0.264 e. The Morgan fingerprint density at radius 1 is 0.912 bits per heavy atom. The van der Waals surface area contributed by atoms with Gasteiger partial charge in [-0.05, 0) is 59.2 Å². The van der Waals surface area contributed by atoms with Crippen molar-refractivity contribution >= 4 is 68.0 Å². The first-order valence-corrected chi connectivity index (χ1v) is 12.2. The van der Waals surface area contributed by atoms with Crippen LogP contribution in [0.5, 0.6) is 0 Å². The average molecular weight is 480 g/mol. The van der Waals surface area contributed by atoms with Crippen molar-refractivity contribution in [2.24, 2.45) is 4.99 Å². The molecule has 0 bridgehead atoms. The highest BCUT2D eigenvalue weighted by molar-refractivity contribution is 8.18. The van der Waals surface area contributed by atoms with Crippen LogP contribution in [0.1, 0.15) is 5.76 Å². The number of hydrogen-bond donors (Lipinski definition) is 1. The molecule has 1 aliphatic heterocycles. The van der Waals surface area contributed by atoms with Crippen LogP contribution in [0.2, 0.25) is 0 Å². The number of benzene rings is 3. The van der Waals surface area contributed by atoms with Gasteiger partial charge in [-0.25, -0.2) is 4.99 Å². The van der Waals surface area contributed by atoms with E-state index in [-0.39, 0.29) is 5.91 Å². The quantitative estimate of drug-likeness (QED) is 0.281. The lowest BCUT2D eigenvalue weighted by molar-refractivity contribution is -0.115. The van der Waals surface area contributed by atoms with Gasteiger partial charge >= 0.3 is 0 Å². The Hall–Kier alpha value is -3.81. The Balaban J connectivity index is 1.23. The fourth-order valence-electron chi connectivity index (χ4n) is 3.76. The molecule has 0 saturated carbocycles. The highest BCUT2D eigenvalue weighted by Gasteiger charge is 2.24. The Labute approximate surface area is 204 Å². The summed E-state index contributed by atoms with van der Waals surface area (Å²) < 4.78 is 5.98. The summed E-state index contributed by atoms with van der Waals surface area (Å²) in [5, 5.41) is 7.37. The third kappa shape index (κ3) is 4.11. The van der Waals surface area contributed by atoms with Gasteiger partial charge in [-0.15, -0.1) is 0 Å². The van der Waals surface area contributed by atoms with E-state index in [0.29, 0.717) is 15.8 Å². The molecule has 34 heavy (non-hydrogen) atoms. The van der Waals surface area contributed by atoms with Crippen LogP contribution >= 0.6 is 23.5 Å². The SMILES string of the molecule is O=C1NC(=Nc2cccc3ccccc23)S/C1=C\c1ccc(Sc2cccc3cccnc23)o1. The second-order valence-electron chi connectivity index (χ2n) is 7.57. The summed E-state index contributed by atoms with van der Waals surface area (Å²) >= 11 is 2.82. The number of amides is 1. The molecule has 0 spiro atoms. The van der Waals surface area contributed by atoms with E-state index in [1.807, 2.05) is 84.9 Å². The molecule has 0 aliphatic carbocycles. The zero-order chi connectivity index (χ0) is 22.9. The monoisotopic (exact) mass is 479 g/mol. The van der Waals surface area contributed by atoms with Gasteiger partial charge in [0.1, 0.15) is 5.76 Å². The standard InChI is InChI=1S/C27H17N3O2S2/c31-26-23(34-27(30-26)29-21-11-3-7-17-6-1-2-10-20(17)21)16-19-13-14-24(32-19)33-22-12-4-8-18-9-5-15-28-25(18)22/h1-16H,(H,29,30,31)/b23-16-. The van der Waals surface area contributed by atoms with Gasteiger partial charge < -0.3 is 9.73 Å². The second kappa shape index (κ2) is 8.85. The van der Waals surface area contributed by atoms with E-state index < -0.39 is 0 Å². The highest BCUT2D eigenvalue weighted by Crippen LogP contribution is 2.35. The maximum atomic E-state index is 12.6. The molecule has 1 N–H and O–H groups in total. The van der Waals surface area contributed by atoms with Crippen molar-refractivity contribution in [3.8, 4) is 0 Å². The molecular formula is C27H17N3O2S2. The van der Waals surface area contributed by atoms with Crippen molar-refractivity contribution in [1.82, 2.24) is 10.3 Å². The van der Waals surface area contributed by atoms with E-state index in [1.54, 1.807) is 12.3 Å². The third-order valence-corrected chi connectivity index (χ3v) is 7.20. The predicted octanol–water partition coefficient (Wildman–Crippen LogP) is 7.02. The van der Waals surface area contributed by atoms with Crippen molar-refractivity contribution in [3.63, 3.8) is 0 Å². The molecule has 2 aromatic heterocycles. The summed E-state index contributed by atoms with van der Waals surface area (Å²) in [7, 11) is 0. The average Bonchev–Trinajstić information content (AvgIpc) is 3.45. The summed E-state index contributed by atoms with van der Waals surface area (Å²) in [6, 6.07) is 27.8. The Bertz CT molecular complexity index is 1610. The number of nitrogens with zero attached hydrogens (tertiary/aromatic N) is 2. The molecule has 6 rings (SSSR count). The fraction of sp³-hybridized carbons (Fsp3) is 0. The molecule has 0 atom stereocenters. The summed E-state index contributed by atoms with van der Waals surface area (Å²) in [5.41, 5.74) is 1.76. The van der Waals surface area contributed by atoms with Crippen LogP contribution in [0.15, 0.2) is 115 Å². The van der Waals surface area contributed by atoms with Crippen LogP contribution in [0, 0.1) is 0 Å². The molecule has 3 aromatic carbocycles. The molecule has 3 heterocycles. The van der Waals surface area contributed by atoms with E-state index in [4.69, 9.17) is 4.42 Å². The van der Waals surface area contributed by atoms with Gasteiger partial charge in [0.05, 0.1) is 16.1 Å². The third-order valence-electron chi connectivity index (χ3n) is 5.32. The van der Waals surface area contributed by atoms with Gasteiger partial charge in [-0.2, -0.15) is 0 Å². The number of thioether (sulfide) groups is 1. The van der Waals surface area contributed by atoms with Crippen molar-refractivity contribution in [3.05, 3.63) is 102 Å². The minimum absolute atomic E-state index is 0.187. The van der Waals surface area contributed by atoms with Gasteiger partial charge in [-0.1, -0.05) is 54.6 Å². The molecule has 0 unspecified atom stereocenters. The molecule has 7 heteroatoms. The topological polar surface area (TPSA) is 67.5 Å². The van der Waals surface area contributed by atoms with Crippen molar-refractivity contribution in [2.45, 2.75) is 9.99 Å². The number of para-hydroxylation sites is 1. The van der Waals surface area contributed by atoms with Crippen LogP contribution in [0.25, 0.3) is 27.8 Å². The Morgan fingerprint density at radius 3 is 2.71 bits per heavy atom. The lowest BCUT2D eigenvalue weighted by atomic mass is 10.1. The molecule has 5 nitrogen and oxygen atoms in total. The van der Waals surface area contributed by atoms with E-state index in [1.165, 1.54) is 23.5 Å². The van der Waals surface area contributed by atoms with Crippen molar-refractivity contribution in [2.75, 3.05) is 0 Å². The Morgan fingerprint density at radius 2 is 1.74 bits per heavy atom. The summed E-state index contributed by atoms with van der Waals surface area (Å²) in [6.45, 7) is 0. The number of fused-ring (bicyclic) bond motifs is 2. The van der Waals surface area contributed by atoms with Crippen LogP contribution in [0.3, 0.4) is 0 Å². The number of pyridine rings is 1. The first-order valence-electron chi connectivity index (χ1n) is 10.6. The summed E-state index contributed by atoms with van der Waals surface area (Å²) in [5.74, 6) is 0.424. The van der Waals surface area contributed by atoms with Crippen LogP contribution in [-0.2, 0) is 4.79 Å². The first-order chi connectivity index (χ1) is 16.7. The maximum Gasteiger partial charge on any atom is 0.264 e. The van der Waals surface area contributed by atoms with Crippen molar-refractivity contribution in [1.29, 1.82) is 0 Å². The maximum absolute atomic E-state index is 12.6. The molecule has 1 aliphatic rings. The number of rotatable bonds is 4. The van der Waals surface area contributed by atoms with Crippen LogP contribution < -0.4 is 5.32 Å². The largest absolute Gasteiger partial charge is 0.450 e.